The summed E-state index contributed by atoms with van der Waals surface area (Å²) in [7, 11) is 0. The molecule has 1 atom stereocenters. The molecule has 1 rings (SSSR count). The number of rotatable bonds is 25. The average molecular weight is 682 g/mol. The fourth-order valence-electron chi connectivity index (χ4n) is 5.16. The van der Waals surface area contributed by atoms with Crippen LogP contribution in [-0.2, 0) is 43.1 Å². The first-order valence-corrected chi connectivity index (χ1v) is 18.1. The lowest BCUT2D eigenvalue weighted by Crippen LogP contribution is -2.45. The molecule has 0 aromatic heterocycles. The lowest BCUT2D eigenvalue weighted by atomic mass is 10.0. The molecule has 1 aliphatic heterocycles. The number of nitrogens with zero attached hydrogens (tertiary/aromatic N) is 1. The number of esters is 2. The number of carbonyl (C=O) groups excluding carboxylic acids is 6. The minimum atomic E-state index is -1.11. The fourth-order valence-corrected chi connectivity index (χ4v) is 5.16. The maximum absolute atomic E-state index is 12.7. The third-order valence-corrected chi connectivity index (χ3v) is 7.55. The largest absolute Gasteiger partial charge is 0.460 e. The van der Waals surface area contributed by atoms with Gasteiger partial charge in [-0.1, -0.05) is 77.0 Å². The van der Waals surface area contributed by atoms with Crippen LogP contribution in [0, 0.1) is 0 Å². The zero-order chi connectivity index (χ0) is 36.0. The van der Waals surface area contributed by atoms with Crippen molar-refractivity contribution in [2.75, 3.05) is 13.1 Å². The van der Waals surface area contributed by atoms with Crippen LogP contribution in [0.15, 0.2) is 0 Å². The van der Waals surface area contributed by atoms with Crippen molar-refractivity contribution in [1.82, 2.24) is 15.7 Å². The van der Waals surface area contributed by atoms with E-state index in [2.05, 4.69) is 10.6 Å². The van der Waals surface area contributed by atoms with Crippen molar-refractivity contribution in [3.8, 4) is 0 Å². The van der Waals surface area contributed by atoms with Gasteiger partial charge in [-0.05, 0) is 54.4 Å². The maximum atomic E-state index is 12.7. The molecule has 0 saturated carbocycles. The van der Waals surface area contributed by atoms with Gasteiger partial charge in [-0.2, -0.15) is 0 Å². The minimum Gasteiger partial charge on any atom is -0.460 e. The van der Waals surface area contributed by atoms with E-state index in [-0.39, 0.29) is 37.7 Å². The van der Waals surface area contributed by atoms with E-state index in [1.165, 1.54) is 57.8 Å². The van der Waals surface area contributed by atoms with Crippen molar-refractivity contribution in [3.63, 3.8) is 0 Å². The normalized spacial score (nSPS) is 14.2. The highest BCUT2D eigenvalue weighted by atomic mass is 16.7. The number of hydrogen-bond acceptors (Lipinski definition) is 10. The third-order valence-electron chi connectivity index (χ3n) is 7.55. The van der Waals surface area contributed by atoms with Crippen molar-refractivity contribution >= 4 is 35.6 Å². The predicted molar refractivity (Wildman–Crippen MR) is 182 cm³/mol. The molecule has 0 aromatic rings. The van der Waals surface area contributed by atoms with Crippen molar-refractivity contribution in [2.45, 2.75) is 181 Å². The summed E-state index contributed by atoms with van der Waals surface area (Å²) in [5.41, 5.74) is -1.20. The van der Waals surface area contributed by atoms with Gasteiger partial charge >= 0.3 is 17.9 Å². The number of nitrogens with one attached hydrogen (secondary N) is 2. The van der Waals surface area contributed by atoms with Gasteiger partial charge in [0.25, 0.3) is 11.8 Å². The summed E-state index contributed by atoms with van der Waals surface area (Å²) in [5.74, 6) is -3.09. The van der Waals surface area contributed by atoms with Crippen molar-refractivity contribution < 1.29 is 43.1 Å². The molecule has 12 nitrogen and oxygen atoms in total. The Morgan fingerprint density at radius 2 is 1.08 bits per heavy atom. The van der Waals surface area contributed by atoms with E-state index in [0.29, 0.717) is 18.0 Å². The molecule has 0 spiro atoms. The molecule has 276 valence electrons. The van der Waals surface area contributed by atoms with Crippen molar-refractivity contribution in [3.05, 3.63) is 0 Å². The third kappa shape index (κ3) is 22.5. The Bertz CT molecular complexity index is 1000. The molecule has 1 unspecified atom stereocenters. The summed E-state index contributed by atoms with van der Waals surface area (Å²) in [6.07, 6.45) is 16.4. The molecule has 1 fully saturated rings. The van der Waals surface area contributed by atoms with Crippen molar-refractivity contribution in [2.24, 2.45) is 0 Å². The number of ether oxygens (including phenoxy) is 2. The van der Waals surface area contributed by atoms with Crippen LogP contribution in [0.3, 0.4) is 0 Å². The highest BCUT2D eigenvalue weighted by molar-refractivity contribution is 6.01. The summed E-state index contributed by atoms with van der Waals surface area (Å²) in [6, 6.07) is -1.11. The Labute approximate surface area is 288 Å². The summed E-state index contributed by atoms with van der Waals surface area (Å²) < 4.78 is 10.7. The van der Waals surface area contributed by atoms with E-state index in [4.69, 9.17) is 14.3 Å². The fraction of sp³-hybridized carbons (Fsp3) is 0.833. The second-order valence-corrected chi connectivity index (χ2v) is 14.7. The standard InChI is InChI=1S/C36H63N3O9/c1-35(2,3)46-32(43)21-19-17-15-13-11-9-7-8-10-12-14-16-18-20-25-38-29(40)24-26-37-28(34(45)47-36(4,5)6)27-33(44)48-39-30(41)22-23-31(39)42/h28,37H,7-27H2,1-6H3,(H,38,40). The Kier molecular flexibility index (Phi) is 20.9. The molecular formula is C36H63N3O9. The van der Waals surface area contributed by atoms with Gasteiger partial charge in [-0.15, -0.1) is 5.06 Å². The van der Waals surface area contributed by atoms with Crippen LogP contribution < -0.4 is 10.6 Å². The average Bonchev–Trinajstić information content (AvgIpc) is 3.28. The van der Waals surface area contributed by atoms with Gasteiger partial charge in [0.05, 0.1) is 6.42 Å². The van der Waals surface area contributed by atoms with Gasteiger partial charge in [0.2, 0.25) is 5.91 Å². The lowest BCUT2D eigenvalue weighted by molar-refractivity contribution is -0.198. The Morgan fingerprint density at radius 1 is 0.625 bits per heavy atom. The molecule has 1 heterocycles. The Morgan fingerprint density at radius 3 is 1.56 bits per heavy atom. The second-order valence-electron chi connectivity index (χ2n) is 14.7. The van der Waals surface area contributed by atoms with E-state index in [1.807, 2.05) is 20.8 Å². The zero-order valence-corrected chi connectivity index (χ0v) is 30.5. The first kappa shape index (κ1) is 43.0. The summed E-state index contributed by atoms with van der Waals surface area (Å²) in [6.45, 7) is 11.5. The van der Waals surface area contributed by atoms with Crippen LogP contribution in [0.4, 0.5) is 0 Å². The minimum absolute atomic E-state index is 0.0286. The molecule has 48 heavy (non-hydrogen) atoms. The monoisotopic (exact) mass is 681 g/mol. The second kappa shape index (κ2) is 23.4. The maximum Gasteiger partial charge on any atom is 0.335 e. The molecule has 3 amide bonds. The molecule has 0 bridgehead atoms. The first-order valence-electron chi connectivity index (χ1n) is 18.1. The number of unbranched alkanes of at least 4 members (excludes halogenated alkanes) is 13. The molecule has 12 heteroatoms. The SMILES string of the molecule is CC(C)(C)OC(=O)CCCCCCCCCCCCCCCCNC(=O)CCNC(CC(=O)ON1C(=O)CCC1=O)C(=O)OC(C)(C)C. The quantitative estimate of drug-likeness (QED) is 0.0667. The van der Waals surface area contributed by atoms with E-state index in [0.717, 1.165) is 32.1 Å². The number of amides is 3. The number of carbonyl (C=O) groups is 6. The highest BCUT2D eigenvalue weighted by Gasteiger charge is 2.35. The van der Waals surface area contributed by atoms with Crippen LogP contribution in [0.1, 0.15) is 164 Å². The van der Waals surface area contributed by atoms with E-state index in [9.17, 15) is 28.8 Å². The summed E-state index contributed by atoms with van der Waals surface area (Å²) >= 11 is 0. The van der Waals surface area contributed by atoms with E-state index < -0.39 is 47.4 Å². The van der Waals surface area contributed by atoms with Crippen LogP contribution in [0.2, 0.25) is 0 Å². The van der Waals surface area contributed by atoms with Gasteiger partial charge in [-0.25, -0.2) is 4.79 Å². The molecule has 0 aliphatic carbocycles. The van der Waals surface area contributed by atoms with Crippen LogP contribution in [-0.4, -0.2) is 71.0 Å². The smallest absolute Gasteiger partial charge is 0.335 e. The van der Waals surface area contributed by atoms with Crippen LogP contribution >= 0.6 is 0 Å². The molecule has 1 aliphatic rings. The first-order chi connectivity index (χ1) is 22.6. The lowest BCUT2D eigenvalue weighted by Gasteiger charge is -2.24. The summed E-state index contributed by atoms with van der Waals surface area (Å²) in [5, 5.41) is 6.21. The van der Waals surface area contributed by atoms with E-state index in [1.54, 1.807) is 20.8 Å². The Balaban J connectivity index is 2.07. The topological polar surface area (TPSA) is 157 Å². The van der Waals surface area contributed by atoms with Gasteiger partial charge in [-0.3, -0.25) is 24.0 Å². The number of hydroxylamine groups is 2. The van der Waals surface area contributed by atoms with Gasteiger partial charge < -0.3 is 24.9 Å². The molecule has 0 aromatic carbocycles. The van der Waals surface area contributed by atoms with Gasteiger partial charge in [0, 0.05) is 38.8 Å². The van der Waals surface area contributed by atoms with E-state index >= 15 is 0 Å². The van der Waals surface area contributed by atoms with Crippen LogP contribution in [0.25, 0.3) is 0 Å². The van der Waals surface area contributed by atoms with Crippen LogP contribution in [0.5, 0.6) is 0 Å². The molecule has 0 radical (unpaired) electrons. The number of imide groups is 1. The molecule has 2 N–H and O–H groups in total. The number of hydrogen-bond donors (Lipinski definition) is 2. The molecule has 1 saturated heterocycles. The van der Waals surface area contributed by atoms with Gasteiger partial charge in [0.15, 0.2) is 0 Å². The van der Waals surface area contributed by atoms with Crippen molar-refractivity contribution in [1.29, 1.82) is 0 Å². The van der Waals surface area contributed by atoms with Gasteiger partial charge in [0.1, 0.15) is 17.2 Å². The summed E-state index contributed by atoms with van der Waals surface area (Å²) in [4.78, 5) is 77.4. The Hall–Kier alpha value is -3.02. The highest BCUT2D eigenvalue weighted by Crippen LogP contribution is 2.16. The molecular weight excluding hydrogens is 618 g/mol. The zero-order valence-electron chi connectivity index (χ0n) is 30.5. The predicted octanol–water partition coefficient (Wildman–Crippen LogP) is 5.98.